The van der Waals surface area contributed by atoms with E-state index in [4.69, 9.17) is 4.74 Å². The van der Waals surface area contributed by atoms with Crippen molar-refractivity contribution in [2.75, 3.05) is 24.3 Å². The Morgan fingerprint density at radius 2 is 2.20 bits per heavy atom. The Balaban J connectivity index is 1.59. The van der Waals surface area contributed by atoms with Gasteiger partial charge in [-0.3, -0.25) is 10.00 Å². The number of aromatic amines is 1. The van der Waals surface area contributed by atoms with E-state index < -0.39 is 10.7 Å². The molecule has 3 aromatic heterocycles. The number of fused-ring (bicyclic) bond motifs is 1. The molecule has 162 valence electrons. The summed E-state index contributed by atoms with van der Waals surface area (Å²) in [7, 11) is -2.40. The Labute approximate surface area is 175 Å². The fourth-order valence-electron chi connectivity index (χ4n) is 3.71. The summed E-state index contributed by atoms with van der Waals surface area (Å²) in [6.45, 7) is 7.41. The monoisotopic (exact) mass is 434 g/mol. The molecule has 0 bridgehead atoms. The first-order valence-electron chi connectivity index (χ1n) is 9.93. The molecular formula is C18H26N8O3S. The molecule has 4 rings (SSSR count). The molecule has 0 radical (unpaired) electrons. The van der Waals surface area contributed by atoms with Gasteiger partial charge in [-0.2, -0.15) is 14.6 Å². The molecule has 0 unspecified atom stereocenters. The second kappa shape index (κ2) is 8.56. The maximum atomic E-state index is 11.0. The van der Waals surface area contributed by atoms with Crippen molar-refractivity contribution in [3.8, 4) is 17.1 Å². The number of piperidine rings is 1. The van der Waals surface area contributed by atoms with Crippen LogP contribution in [-0.4, -0.2) is 74.2 Å². The number of hydrogen-bond acceptors (Lipinski definition) is 9. The van der Waals surface area contributed by atoms with Crippen LogP contribution in [0.4, 0.5) is 5.95 Å². The molecule has 1 saturated heterocycles. The van der Waals surface area contributed by atoms with Gasteiger partial charge in [-0.05, 0) is 26.2 Å². The largest absolute Gasteiger partial charge is 0.473 e. The number of nitrogens with one attached hydrogen (secondary N) is 2. The van der Waals surface area contributed by atoms with E-state index >= 15 is 0 Å². The zero-order chi connectivity index (χ0) is 21.3. The minimum Gasteiger partial charge on any atom is -0.473 e. The van der Waals surface area contributed by atoms with Crippen LogP contribution in [0.3, 0.4) is 0 Å². The number of nitrogens with zero attached hydrogens (tertiary/aromatic N) is 6. The quantitative estimate of drug-likeness (QED) is 0.466. The average molecular weight is 435 g/mol. The lowest BCUT2D eigenvalue weighted by molar-refractivity contribution is 0.196. The topological polar surface area (TPSA) is 130 Å². The molecule has 0 spiro atoms. The van der Waals surface area contributed by atoms with Crippen molar-refractivity contribution < 1.29 is 13.2 Å². The first kappa shape index (κ1) is 20.5. The van der Waals surface area contributed by atoms with Gasteiger partial charge in [0.05, 0.1) is 24.4 Å². The van der Waals surface area contributed by atoms with Crippen molar-refractivity contribution in [1.29, 1.82) is 0 Å². The van der Waals surface area contributed by atoms with Gasteiger partial charge in [0, 0.05) is 30.9 Å². The molecular weight excluding hydrogens is 408 g/mol. The minimum atomic E-state index is -2.40. The van der Waals surface area contributed by atoms with Crippen LogP contribution in [-0.2, 0) is 10.7 Å². The molecule has 2 N–H and O–H groups in total. The third-order valence-electron chi connectivity index (χ3n) is 5.07. The molecule has 4 heterocycles. The Morgan fingerprint density at radius 1 is 1.37 bits per heavy atom. The van der Waals surface area contributed by atoms with E-state index in [1.807, 2.05) is 18.7 Å². The molecule has 0 aromatic carbocycles. The van der Waals surface area contributed by atoms with Crippen molar-refractivity contribution in [1.82, 2.24) is 34.7 Å². The molecule has 11 nitrogen and oxygen atoms in total. The molecule has 0 saturated carbocycles. The molecule has 0 amide bonds. The Hall–Kier alpha value is -2.73. The van der Waals surface area contributed by atoms with Crippen molar-refractivity contribution >= 4 is 22.3 Å². The summed E-state index contributed by atoms with van der Waals surface area (Å²) in [5.74, 6) is 1.37. The van der Waals surface area contributed by atoms with Crippen LogP contribution in [0.2, 0.25) is 0 Å². The first-order valence-corrected chi connectivity index (χ1v) is 11.3. The van der Waals surface area contributed by atoms with Crippen molar-refractivity contribution in [2.45, 2.75) is 39.3 Å². The van der Waals surface area contributed by atoms with E-state index in [1.165, 1.54) is 0 Å². The molecule has 3 aromatic rings. The molecule has 12 heteroatoms. The van der Waals surface area contributed by atoms with Crippen molar-refractivity contribution in [2.24, 2.45) is 5.92 Å². The van der Waals surface area contributed by atoms with E-state index in [1.54, 1.807) is 23.1 Å². The maximum Gasteiger partial charge on any atom is 0.244 e. The molecule has 30 heavy (non-hydrogen) atoms. The predicted molar refractivity (Wildman–Crippen MR) is 112 cm³/mol. The van der Waals surface area contributed by atoms with Gasteiger partial charge in [-0.25, -0.2) is 13.4 Å². The summed E-state index contributed by atoms with van der Waals surface area (Å²) in [5, 5.41) is 14.8. The van der Waals surface area contributed by atoms with Gasteiger partial charge in [-0.15, -0.1) is 5.10 Å². The normalized spacial score (nSPS) is 20.3. The molecule has 0 aliphatic carbocycles. The third kappa shape index (κ3) is 4.38. The van der Waals surface area contributed by atoms with Crippen LogP contribution in [0.1, 0.15) is 27.2 Å². The zero-order valence-electron chi connectivity index (χ0n) is 17.1. The van der Waals surface area contributed by atoms with Gasteiger partial charge in [0.25, 0.3) is 0 Å². The average Bonchev–Trinajstić information content (AvgIpc) is 3.33. The van der Waals surface area contributed by atoms with E-state index in [0.29, 0.717) is 36.3 Å². The van der Waals surface area contributed by atoms with E-state index in [9.17, 15) is 8.42 Å². The van der Waals surface area contributed by atoms with Gasteiger partial charge in [-0.1, -0.05) is 6.92 Å². The number of rotatable bonds is 7. The van der Waals surface area contributed by atoms with Crippen LogP contribution in [0, 0.1) is 5.92 Å². The summed E-state index contributed by atoms with van der Waals surface area (Å²) in [4.78, 5) is 11.0. The molecule has 1 aliphatic rings. The number of anilines is 1. The van der Waals surface area contributed by atoms with Gasteiger partial charge in [0.2, 0.25) is 11.8 Å². The Bertz CT molecular complexity index is 1070. The summed E-state index contributed by atoms with van der Waals surface area (Å²) < 4.78 is 29.7. The highest BCUT2D eigenvalue weighted by Gasteiger charge is 2.27. The summed E-state index contributed by atoms with van der Waals surface area (Å²) >= 11 is 0. The zero-order valence-corrected chi connectivity index (χ0v) is 18.0. The fraction of sp³-hybridized carbons (Fsp3) is 0.556. The SMILES string of the molecule is CC(C)Oc1c(-c2cn[nH]c2)ncc2nc(N[C@H]3CCN(C[SH](=O)=O)C[C@H]3C)nn12. The highest BCUT2D eigenvalue weighted by Crippen LogP contribution is 2.29. The summed E-state index contributed by atoms with van der Waals surface area (Å²) in [5.41, 5.74) is 2.01. The number of likely N-dealkylation sites (tertiary alicyclic amines) is 1. The standard InChI is InChI=1S/C18H26N8O3S/c1-11(2)29-17-16(13-6-20-21-7-13)19-8-15-23-18(24-26(15)17)22-14-4-5-25(9-12(14)3)10-30(27)28/h6-8,11-12,14,30H,4-5,9-10H2,1-3H3,(H,20,21)(H,22,24)/t12-,14+/m1/s1. The van der Waals surface area contributed by atoms with E-state index in [2.05, 4.69) is 37.5 Å². The Morgan fingerprint density at radius 3 is 2.87 bits per heavy atom. The van der Waals surface area contributed by atoms with Crippen LogP contribution in [0.5, 0.6) is 5.88 Å². The minimum absolute atomic E-state index is 0.0690. The maximum absolute atomic E-state index is 11.0. The Kier molecular flexibility index (Phi) is 5.86. The van der Waals surface area contributed by atoms with E-state index in [0.717, 1.165) is 12.0 Å². The summed E-state index contributed by atoms with van der Waals surface area (Å²) in [6.07, 6.45) is 5.84. The second-order valence-corrected chi connectivity index (χ2v) is 8.79. The van der Waals surface area contributed by atoms with Crippen molar-refractivity contribution in [3.05, 3.63) is 18.6 Å². The highest BCUT2D eigenvalue weighted by molar-refractivity contribution is 7.72. The smallest absolute Gasteiger partial charge is 0.244 e. The first-order chi connectivity index (χ1) is 14.4. The van der Waals surface area contributed by atoms with Crippen LogP contribution in [0.15, 0.2) is 18.6 Å². The van der Waals surface area contributed by atoms with Gasteiger partial charge in [0.15, 0.2) is 16.4 Å². The lowest BCUT2D eigenvalue weighted by atomic mass is 9.94. The molecule has 1 fully saturated rings. The van der Waals surface area contributed by atoms with Crippen LogP contribution < -0.4 is 10.1 Å². The lowest BCUT2D eigenvalue weighted by Gasteiger charge is -2.35. The fourth-order valence-corrected chi connectivity index (χ4v) is 4.29. The van der Waals surface area contributed by atoms with Gasteiger partial charge >= 0.3 is 0 Å². The third-order valence-corrected chi connectivity index (χ3v) is 5.71. The molecule has 1 aliphatic heterocycles. The van der Waals surface area contributed by atoms with Crippen LogP contribution in [0.25, 0.3) is 16.9 Å². The summed E-state index contributed by atoms with van der Waals surface area (Å²) in [6, 6.07) is 0.152. The molecule has 2 atom stereocenters. The van der Waals surface area contributed by atoms with Gasteiger partial charge < -0.3 is 10.1 Å². The number of ether oxygens (including phenoxy) is 1. The van der Waals surface area contributed by atoms with Gasteiger partial charge in [0.1, 0.15) is 5.69 Å². The number of H-pyrrole nitrogens is 1. The number of aromatic nitrogens is 6. The highest BCUT2D eigenvalue weighted by atomic mass is 32.2. The lowest BCUT2D eigenvalue weighted by Crippen LogP contribution is -2.45. The number of thiol groups is 1. The second-order valence-electron chi connectivity index (χ2n) is 7.84. The van der Waals surface area contributed by atoms with Crippen molar-refractivity contribution in [3.63, 3.8) is 0 Å². The number of hydrogen-bond donors (Lipinski definition) is 3. The van der Waals surface area contributed by atoms with Crippen LogP contribution >= 0.6 is 0 Å². The predicted octanol–water partition coefficient (Wildman–Crippen LogP) is 0.993. The van der Waals surface area contributed by atoms with E-state index in [-0.39, 0.29) is 23.9 Å².